The summed E-state index contributed by atoms with van der Waals surface area (Å²) in [5, 5.41) is 17.9. The molecule has 0 saturated carbocycles. The quantitative estimate of drug-likeness (QED) is 0.627. The number of nitrogens with two attached hydrogens (primary N) is 1. The number of anilines is 3. The zero-order chi connectivity index (χ0) is 15.4. The summed E-state index contributed by atoms with van der Waals surface area (Å²) in [5.41, 5.74) is 7.58. The number of azo groups is 1. The third kappa shape index (κ3) is 3.09. The van der Waals surface area contributed by atoms with Gasteiger partial charge >= 0.3 is 0 Å². The van der Waals surface area contributed by atoms with Gasteiger partial charge in [-0.25, -0.2) is 4.39 Å². The number of rotatable bonds is 4. The highest BCUT2D eigenvalue weighted by Gasteiger charge is 2.11. The Hall–Kier alpha value is -3.22. The molecule has 0 bridgehead atoms. The fourth-order valence-corrected chi connectivity index (χ4v) is 1.81. The predicted octanol–water partition coefficient (Wildman–Crippen LogP) is 4.29. The average molecular weight is 296 g/mol. The van der Waals surface area contributed by atoms with Crippen LogP contribution in [0, 0.1) is 5.82 Å². The normalized spacial score (nSPS) is 11.0. The van der Waals surface area contributed by atoms with Gasteiger partial charge < -0.3 is 11.1 Å². The second-order valence-electron chi connectivity index (χ2n) is 4.50. The number of halogens is 1. The van der Waals surface area contributed by atoms with E-state index in [1.54, 1.807) is 12.1 Å². The van der Waals surface area contributed by atoms with E-state index in [2.05, 4.69) is 25.7 Å². The van der Waals surface area contributed by atoms with Crippen molar-refractivity contribution in [1.29, 1.82) is 0 Å². The maximum Gasteiger partial charge on any atom is 0.182 e. The van der Waals surface area contributed by atoms with Crippen molar-refractivity contribution in [1.82, 2.24) is 10.2 Å². The minimum Gasteiger partial charge on any atom is -0.382 e. The van der Waals surface area contributed by atoms with Gasteiger partial charge in [0.2, 0.25) is 0 Å². The lowest BCUT2D eigenvalue weighted by Gasteiger charge is -2.03. The lowest BCUT2D eigenvalue weighted by atomic mass is 10.3. The molecule has 4 N–H and O–H groups in total. The summed E-state index contributed by atoms with van der Waals surface area (Å²) in [4.78, 5) is 0. The molecule has 6 nitrogen and oxygen atoms in total. The van der Waals surface area contributed by atoms with Gasteiger partial charge in [0.15, 0.2) is 11.5 Å². The van der Waals surface area contributed by atoms with Crippen molar-refractivity contribution in [2.24, 2.45) is 10.2 Å². The van der Waals surface area contributed by atoms with Crippen LogP contribution in [-0.4, -0.2) is 10.2 Å². The van der Waals surface area contributed by atoms with Crippen molar-refractivity contribution in [2.75, 3.05) is 11.1 Å². The Bertz CT molecular complexity index is 780. The molecule has 7 heteroatoms. The summed E-state index contributed by atoms with van der Waals surface area (Å²) in [6, 6.07) is 15.2. The smallest absolute Gasteiger partial charge is 0.182 e. The van der Waals surface area contributed by atoms with Crippen molar-refractivity contribution < 1.29 is 4.39 Å². The second kappa shape index (κ2) is 6.04. The number of benzene rings is 2. The van der Waals surface area contributed by atoms with E-state index in [1.165, 1.54) is 12.1 Å². The van der Waals surface area contributed by atoms with E-state index in [0.717, 1.165) is 0 Å². The summed E-state index contributed by atoms with van der Waals surface area (Å²) < 4.78 is 12.9. The average Bonchev–Trinajstić information content (AvgIpc) is 2.89. The summed E-state index contributed by atoms with van der Waals surface area (Å²) in [6.45, 7) is 0. The molecule has 0 aliphatic heterocycles. The van der Waals surface area contributed by atoms with Gasteiger partial charge in [0.05, 0.1) is 5.69 Å². The summed E-state index contributed by atoms with van der Waals surface area (Å²) in [5.74, 6) is 0.407. The number of nitrogens with one attached hydrogen (secondary N) is 2. The standard InChI is InChI=1S/C15H13FN6/c16-10-6-8-11(9-7-10)18-15-13(14(17)21-22-15)20-19-12-4-2-1-3-5-12/h1-9H,(H4,17,18,21,22). The van der Waals surface area contributed by atoms with Crippen LogP contribution in [0.5, 0.6) is 0 Å². The van der Waals surface area contributed by atoms with Crippen molar-refractivity contribution in [3.63, 3.8) is 0 Å². The molecule has 110 valence electrons. The van der Waals surface area contributed by atoms with Crippen LogP contribution in [0.4, 0.5) is 33.1 Å². The van der Waals surface area contributed by atoms with Gasteiger partial charge in [0.25, 0.3) is 0 Å². The minimum absolute atomic E-state index is 0.296. The summed E-state index contributed by atoms with van der Waals surface area (Å²) in [6.07, 6.45) is 0. The predicted molar refractivity (Wildman–Crippen MR) is 83.3 cm³/mol. The topological polar surface area (TPSA) is 91.5 Å². The van der Waals surface area contributed by atoms with Crippen LogP contribution in [0.2, 0.25) is 0 Å². The number of aromatic amines is 1. The first kappa shape index (κ1) is 13.7. The number of aromatic nitrogens is 2. The first-order valence-electron chi connectivity index (χ1n) is 6.55. The molecule has 0 atom stereocenters. The number of hydrogen-bond acceptors (Lipinski definition) is 5. The molecule has 0 fully saturated rings. The highest BCUT2D eigenvalue weighted by atomic mass is 19.1. The Morgan fingerprint density at radius 2 is 1.73 bits per heavy atom. The van der Waals surface area contributed by atoms with Crippen LogP contribution in [0.1, 0.15) is 0 Å². The van der Waals surface area contributed by atoms with Crippen molar-refractivity contribution in [3.8, 4) is 0 Å². The molecule has 2 aromatic carbocycles. The van der Waals surface area contributed by atoms with E-state index in [0.29, 0.717) is 28.7 Å². The summed E-state index contributed by atoms with van der Waals surface area (Å²) in [7, 11) is 0. The molecule has 3 rings (SSSR count). The van der Waals surface area contributed by atoms with Crippen molar-refractivity contribution in [2.45, 2.75) is 0 Å². The van der Waals surface area contributed by atoms with Crippen LogP contribution in [0.15, 0.2) is 64.8 Å². The molecule has 1 heterocycles. The minimum atomic E-state index is -0.309. The Morgan fingerprint density at radius 3 is 2.45 bits per heavy atom. The fourth-order valence-electron chi connectivity index (χ4n) is 1.81. The first-order chi connectivity index (χ1) is 10.7. The van der Waals surface area contributed by atoms with Gasteiger partial charge in [-0.1, -0.05) is 18.2 Å². The maximum absolute atomic E-state index is 12.9. The van der Waals surface area contributed by atoms with E-state index >= 15 is 0 Å². The van der Waals surface area contributed by atoms with Gasteiger partial charge in [-0.3, -0.25) is 5.10 Å². The lowest BCUT2D eigenvalue weighted by Crippen LogP contribution is -1.91. The Kier molecular flexibility index (Phi) is 3.78. The van der Waals surface area contributed by atoms with Crippen LogP contribution in [-0.2, 0) is 0 Å². The van der Waals surface area contributed by atoms with Crippen LogP contribution in [0.3, 0.4) is 0 Å². The molecule has 3 aromatic rings. The third-order valence-electron chi connectivity index (χ3n) is 2.90. The van der Waals surface area contributed by atoms with Gasteiger partial charge in [-0.15, -0.1) is 5.11 Å². The molecule has 1 aromatic heterocycles. The molecule has 0 radical (unpaired) electrons. The summed E-state index contributed by atoms with van der Waals surface area (Å²) >= 11 is 0. The largest absolute Gasteiger partial charge is 0.382 e. The molecule has 0 spiro atoms. The number of H-pyrrole nitrogens is 1. The molecule has 22 heavy (non-hydrogen) atoms. The van der Waals surface area contributed by atoms with E-state index in [4.69, 9.17) is 5.73 Å². The van der Waals surface area contributed by atoms with Crippen LogP contribution >= 0.6 is 0 Å². The zero-order valence-corrected chi connectivity index (χ0v) is 11.5. The molecule has 0 aliphatic rings. The maximum atomic E-state index is 12.9. The van der Waals surface area contributed by atoms with Crippen molar-refractivity contribution in [3.05, 3.63) is 60.4 Å². The van der Waals surface area contributed by atoms with E-state index < -0.39 is 0 Å². The second-order valence-corrected chi connectivity index (χ2v) is 4.50. The number of nitrogen functional groups attached to an aromatic ring is 1. The van der Waals surface area contributed by atoms with E-state index in [-0.39, 0.29) is 5.82 Å². The van der Waals surface area contributed by atoms with E-state index in [1.807, 2.05) is 30.3 Å². The highest BCUT2D eigenvalue weighted by Crippen LogP contribution is 2.32. The van der Waals surface area contributed by atoms with Gasteiger partial charge in [0, 0.05) is 5.69 Å². The lowest BCUT2D eigenvalue weighted by molar-refractivity contribution is 0.628. The van der Waals surface area contributed by atoms with Crippen molar-refractivity contribution >= 4 is 28.7 Å². The third-order valence-corrected chi connectivity index (χ3v) is 2.90. The monoisotopic (exact) mass is 296 g/mol. The SMILES string of the molecule is Nc1[nH]nc(Nc2ccc(F)cc2)c1N=Nc1ccccc1. The first-order valence-corrected chi connectivity index (χ1v) is 6.55. The number of hydrogen-bond donors (Lipinski definition) is 3. The van der Waals surface area contributed by atoms with Crippen LogP contribution < -0.4 is 11.1 Å². The number of nitrogens with zero attached hydrogens (tertiary/aromatic N) is 3. The molecule has 0 unspecified atom stereocenters. The Balaban J connectivity index is 1.84. The zero-order valence-electron chi connectivity index (χ0n) is 11.5. The molecular weight excluding hydrogens is 283 g/mol. The molecule has 0 amide bonds. The van der Waals surface area contributed by atoms with Gasteiger partial charge in [-0.05, 0) is 36.4 Å². The Labute approximate surface area is 125 Å². The van der Waals surface area contributed by atoms with Gasteiger partial charge in [0.1, 0.15) is 11.6 Å². The Morgan fingerprint density at radius 1 is 1.00 bits per heavy atom. The molecule has 0 aliphatic carbocycles. The highest BCUT2D eigenvalue weighted by molar-refractivity contribution is 5.76. The molecular formula is C15H13FN6. The van der Waals surface area contributed by atoms with Gasteiger partial charge in [-0.2, -0.15) is 10.2 Å². The van der Waals surface area contributed by atoms with Crippen LogP contribution in [0.25, 0.3) is 0 Å². The molecule has 0 saturated heterocycles. The van der Waals surface area contributed by atoms with E-state index in [9.17, 15) is 4.39 Å². The fraction of sp³-hybridized carbons (Fsp3) is 0.